The van der Waals surface area contributed by atoms with E-state index in [2.05, 4.69) is 5.32 Å². The first-order valence-corrected chi connectivity index (χ1v) is 7.30. The number of rotatable bonds is 5. The number of amides is 1. The van der Waals surface area contributed by atoms with Crippen molar-refractivity contribution in [3.63, 3.8) is 0 Å². The van der Waals surface area contributed by atoms with Crippen LogP contribution >= 0.6 is 23.2 Å². The number of anilines is 1. The Morgan fingerprint density at radius 3 is 2.61 bits per heavy atom. The molecule has 0 bridgehead atoms. The number of nitro benzene ring substituents is 1. The van der Waals surface area contributed by atoms with Gasteiger partial charge in [0.15, 0.2) is 11.9 Å². The summed E-state index contributed by atoms with van der Waals surface area (Å²) in [7, 11) is 0. The Bertz CT molecular complexity index is 752. The molecule has 0 aliphatic heterocycles. The minimum Gasteiger partial charge on any atom is -0.474 e. The molecule has 0 aliphatic rings. The van der Waals surface area contributed by atoms with Crippen molar-refractivity contribution < 1.29 is 14.5 Å². The average molecular weight is 355 g/mol. The lowest BCUT2D eigenvalue weighted by molar-refractivity contribution is -0.386. The summed E-state index contributed by atoms with van der Waals surface area (Å²) in [5, 5.41) is 14.0. The first kappa shape index (κ1) is 17.1. The van der Waals surface area contributed by atoms with Crippen molar-refractivity contribution in [3.05, 3.63) is 62.6 Å². The minimum absolute atomic E-state index is 0.0114. The maximum Gasteiger partial charge on any atom is 0.310 e. The quantitative estimate of drug-likeness (QED) is 0.640. The Hall–Kier alpha value is -2.31. The third kappa shape index (κ3) is 4.12. The van der Waals surface area contributed by atoms with Crippen LogP contribution in [0.25, 0.3) is 0 Å². The van der Waals surface area contributed by atoms with Gasteiger partial charge in [-0.05, 0) is 25.1 Å². The summed E-state index contributed by atoms with van der Waals surface area (Å²) in [6.45, 7) is 1.48. The highest BCUT2D eigenvalue weighted by atomic mass is 35.5. The molecule has 0 saturated heterocycles. The van der Waals surface area contributed by atoms with Crippen LogP contribution in [-0.2, 0) is 4.79 Å². The first-order chi connectivity index (χ1) is 10.9. The molecule has 120 valence electrons. The Kier molecular flexibility index (Phi) is 5.41. The number of nitrogens with zero attached hydrogens (tertiary/aromatic N) is 1. The van der Waals surface area contributed by atoms with Crippen LogP contribution in [0.3, 0.4) is 0 Å². The minimum atomic E-state index is -0.967. The molecule has 0 unspecified atom stereocenters. The average Bonchev–Trinajstić information content (AvgIpc) is 2.52. The van der Waals surface area contributed by atoms with Gasteiger partial charge in [0.05, 0.1) is 20.7 Å². The highest BCUT2D eigenvalue weighted by Crippen LogP contribution is 2.30. The zero-order valence-corrected chi connectivity index (χ0v) is 13.5. The van der Waals surface area contributed by atoms with Crippen molar-refractivity contribution in [2.45, 2.75) is 13.0 Å². The van der Waals surface area contributed by atoms with Crippen LogP contribution in [0.15, 0.2) is 42.5 Å². The number of hydrogen-bond donors (Lipinski definition) is 1. The van der Waals surface area contributed by atoms with Gasteiger partial charge >= 0.3 is 5.69 Å². The lowest BCUT2D eigenvalue weighted by Gasteiger charge is -2.15. The fourth-order valence-corrected chi connectivity index (χ4v) is 2.13. The number of hydrogen-bond acceptors (Lipinski definition) is 4. The van der Waals surface area contributed by atoms with Gasteiger partial charge in [0.1, 0.15) is 0 Å². The highest BCUT2D eigenvalue weighted by molar-refractivity contribution is 6.44. The van der Waals surface area contributed by atoms with Gasteiger partial charge in [-0.15, -0.1) is 0 Å². The molecule has 2 aromatic rings. The molecule has 23 heavy (non-hydrogen) atoms. The Morgan fingerprint density at radius 2 is 1.91 bits per heavy atom. The Morgan fingerprint density at radius 1 is 1.22 bits per heavy atom. The third-order valence-electron chi connectivity index (χ3n) is 2.94. The number of carbonyl (C=O) groups excluding carboxylic acids is 1. The predicted molar refractivity (Wildman–Crippen MR) is 88.3 cm³/mol. The molecule has 6 nitrogen and oxygen atoms in total. The van der Waals surface area contributed by atoms with Crippen molar-refractivity contribution in [2.24, 2.45) is 0 Å². The molecular weight excluding hydrogens is 343 g/mol. The fraction of sp³-hybridized carbons (Fsp3) is 0.133. The van der Waals surface area contributed by atoms with Gasteiger partial charge in [-0.1, -0.05) is 41.4 Å². The zero-order valence-electron chi connectivity index (χ0n) is 12.0. The lowest BCUT2D eigenvalue weighted by atomic mass is 10.2. The van der Waals surface area contributed by atoms with Crippen molar-refractivity contribution in [1.29, 1.82) is 0 Å². The van der Waals surface area contributed by atoms with Gasteiger partial charge in [-0.25, -0.2) is 0 Å². The SMILES string of the molecule is C[C@H](Oc1ccccc1[N+](=O)[O-])C(=O)Nc1cccc(Cl)c1Cl. The third-order valence-corrected chi connectivity index (χ3v) is 3.76. The van der Waals surface area contributed by atoms with Gasteiger partial charge in [-0.2, -0.15) is 0 Å². The normalized spacial score (nSPS) is 11.6. The molecule has 2 rings (SSSR count). The van der Waals surface area contributed by atoms with Gasteiger partial charge in [0.2, 0.25) is 0 Å². The number of ether oxygens (including phenoxy) is 1. The molecule has 0 saturated carbocycles. The monoisotopic (exact) mass is 354 g/mol. The molecule has 0 aliphatic carbocycles. The summed E-state index contributed by atoms with van der Waals surface area (Å²) in [5.41, 5.74) is 0.120. The Balaban J connectivity index is 2.12. The number of halogens is 2. The van der Waals surface area contributed by atoms with Crippen LogP contribution in [0.1, 0.15) is 6.92 Å². The van der Waals surface area contributed by atoms with Crippen LogP contribution < -0.4 is 10.1 Å². The summed E-state index contributed by atoms with van der Waals surface area (Å²) in [6, 6.07) is 10.6. The predicted octanol–water partition coefficient (Wildman–Crippen LogP) is 4.31. The number of benzene rings is 2. The van der Waals surface area contributed by atoms with E-state index in [0.717, 1.165) is 0 Å². The van der Waals surface area contributed by atoms with Gasteiger partial charge in [0.25, 0.3) is 5.91 Å². The van der Waals surface area contributed by atoms with Crippen LogP contribution in [0, 0.1) is 10.1 Å². The van der Waals surface area contributed by atoms with E-state index in [1.54, 1.807) is 24.3 Å². The molecule has 0 aromatic heterocycles. The molecule has 1 N–H and O–H groups in total. The summed E-state index contributed by atoms with van der Waals surface area (Å²) in [5.74, 6) is -0.496. The van der Waals surface area contributed by atoms with E-state index < -0.39 is 16.9 Å². The van der Waals surface area contributed by atoms with Crippen molar-refractivity contribution in [2.75, 3.05) is 5.32 Å². The molecule has 0 radical (unpaired) electrons. The van der Waals surface area contributed by atoms with E-state index in [9.17, 15) is 14.9 Å². The van der Waals surface area contributed by atoms with E-state index in [0.29, 0.717) is 10.7 Å². The molecule has 1 atom stereocenters. The van der Waals surface area contributed by atoms with Crippen LogP contribution in [0.4, 0.5) is 11.4 Å². The van der Waals surface area contributed by atoms with Gasteiger partial charge < -0.3 is 10.1 Å². The number of nitro groups is 1. The van der Waals surface area contributed by atoms with Crippen molar-refractivity contribution in [3.8, 4) is 5.75 Å². The number of para-hydroxylation sites is 2. The first-order valence-electron chi connectivity index (χ1n) is 6.55. The van der Waals surface area contributed by atoms with Gasteiger partial charge in [0, 0.05) is 6.07 Å². The summed E-state index contributed by atoms with van der Waals surface area (Å²) in [4.78, 5) is 22.5. The fourth-order valence-electron chi connectivity index (χ4n) is 1.79. The zero-order chi connectivity index (χ0) is 17.0. The standard InChI is InChI=1S/C15H12Cl2N2O4/c1-9(23-13-8-3-2-7-12(13)19(21)22)15(20)18-11-6-4-5-10(16)14(11)17/h2-9H,1H3,(H,18,20)/t9-/m0/s1. The highest BCUT2D eigenvalue weighted by Gasteiger charge is 2.21. The molecule has 0 heterocycles. The van der Waals surface area contributed by atoms with Gasteiger partial charge in [-0.3, -0.25) is 14.9 Å². The van der Waals surface area contributed by atoms with E-state index in [4.69, 9.17) is 27.9 Å². The smallest absolute Gasteiger partial charge is 0.310 e. The summed E-state index contributed by atoms with van der Waals surface area (Å²) >= 11 is 11.9. The van der Waals surface area contributed by atoms with E-state index >= 15 is 0 Å². The maximum atomic E-state index is 12.2. The van der Waals surface area contributed by atoms with E-state index in [1.165, 1.54) is 25.1 Å². The number of nitrogens with one attached hydrogen (secondary N) is 1. The second-order valence-electron chi connectivity index (χ2n) is 4.58. The summed E-state index contributed by atoms with van der Waals surface area (Å²) in [6.07, 6.45) is -0.967. The van der Waals surface area contributed by atoms with Crippen LogP contribution in [0.5, 0.6) is 5.75 Å². The molecule has 0 spiro atoms. The van der Waals surface area contributed by atoms with E-state index in [1.807, 2.05) is 0 Å². The van der Waals surface area contributed by atoms with Crippen molar-refractivity contribution >= 4 is 40.5 Å². The maximum absolute atomic E-state index is 12.2. The van der Waals surface area contributed by atoms with E-state index in [-0.39, 0.29) is 16.5 Å². The van der Waals surface area contributed by atoms with Crippen LogP contribution in [0.2, 0.25) is 10.0 Å². The largest absolute Gasteiger partial charge is 0.474 e. The second kappa shape index (κ2) is 7.30. The summed E-state index contributed by atoms with van der Waals surface area (Å²) < 4.78 is 5.38. The van der Waals surface area contributed by atoms with Crippen LogP contribution in [-0.4, -0.2) is 16.9 Å². The second-order valence-corrected chi connectivity index (χ2v) is 5.36. The molecule has 1 amide bonds. The Labute approximate surface area is 142 Å². The molecule has 8 heteroatoms. The molecular formula is C15H12Cl2N2O4. The number of carbonyl (C=O) groups is 1. The molecule has 0 fully saturated rings. The lowest BCUT2D eigenvalue weighted by Crippen LogP contribution is -2.30. The molecule has 2 aromatic carbocycles. The topological polar surface area (TPSA) is 81.5 Å². The van der Waals surface area contributed by atoms with Crippen molar-refractivity contribution in [1.82, 2.24) is 0 Å².